The SMILES string of the molecule is C[C@H](CN(C)c1cncc(C(=O)N(C)C)n1)N1CCOCC1. The lowest BCUT2D eigenvalue weighted by Gasteiger charge is -2.34. The number of nitrogens with zero attached hydrogens (tertiary/aromatic N) is 5. The normalized spacial score (nSPS) is 17.1. The van der Waals surface area contributed by atoms with Gasteiger partial charge in [-0.05, 0) is 6.92 Å². The maximum absolute atomic E-state index is 12.0. The first-order chi connectivity index (χ1) is 10.5. The Balaban J connectivity index is 2.01. The molecule has 2 rings (SSSR count). The molecule has 7 nitrogen and oxygen atoms in total. The lowest BCUT2D eigenvalue weighted by Crippen LogP contribution is -2.47. The van der Waals surface area contributed by atoms with E-state index in [1.165, 1.54) is 11.1 Å². The largest absolute Gasteiger partial charge is 0.379 e. The molecule has 22 heavy (non-hydrogen) atoms. The van der Waals surface area contributed by atoms with Gasteiger partial charge in [-0.2, -0.15) is 0 Å². The number of rotatable bonds is 5. The van der Waals surface area contributed by atoms with Crippen LogP contribution >= 0.6 is 0 Å². The number of likely N-dealkylation sites (N-methyl/N-ethyl adjacent to an activating group) is 1. The monoisotopic (exact) mass is 307 g/mol. The smallest absolute Gasteiger partial charge is 0.273 e. The minimum atomic E-state index is -0.135. The van der Waals surface area contributed by atoms with Gasteiger partial charge in [-0.3, -0.25) is 14.7 Å². The first-order valence-corrected chi connectivity index (χ1v) is 7.55. The topological polar surface area (TPSA) is 61.8 Å². The van der Waals surface area contributed by atoms with E-state index in [0.717, 1.165) is 32.8 Å². The Hall–Kier alpha value is -1.73. The number of hydrogen-bond donors (Lipinski definition) is 0. The second kappa shape index (κ2) is 7.51. The number of carbonyl (C=O) groups excluding carboxylic acids is 1. The van der Waals surface area contributed by atoms with Gasteiger partial charge in [0.2, 0.25) is 0 Å². The fraction of sp³-hybridized carbons (Fsp3) is 0.667. The Morgan fingerprint density at radius 1 is 1.32 bits per heavy atom. The van der Waals surface area contributed by atoms with Gasteiger partial charge in [-0.25, -0.2) is 4.98 Å². The van der Waals surface area contributed by atoms with E-state index in [4.69, 9.17) is 4.74 Å². The lowest BCUT2D eigenvalue weighted by molar-refractivity contribution is 0.0217. The van der Waals surface area contributed by atoms with E-state index in [9.17, 15) is 4.79 Å². The van der Waals surface area contributed by atoms with Gasteiger partial charge in [0.05, 0.1) is 25.6 Å². The van der Waals surface area contributed by atoms with Crippen molar-refractivity contribution < 1.29 is 9.53 Å². The fourth-order valence-electron chi connectivity index (χ4n) is 2.50. The zero-order valence-electron chi connectivity index (χ0n) is 13.8. The average Bonchev–Trinajstić information content (AvgIpc) is 2.54. The third kappa shape index (κ3) is 4.14. The summed E-state index contributed by atoms with van der Waals surface area (Å²) in [6, 6.07) is 0.393. The summed E-state index contributed by atoms with van der Waals surface area (Å²) >= 11 is 0. The highest BCUT2D eigenvalue weighted by Gasteiger charge is 2.19. The minimum absolute atomic E-state index is 0.135. The van der Waals surface area contributed by atoms with Crippen LogP contribution in [0, 0.1) is 0 Å². The van der Waals surface area contributed by atoms with E-state index < -0.39 is 0 Å². The summed E-state index contributed by atoms with van der Waals surface area (Å²) in [6.45, 7) is 6.53. The number of ether oxygens (including phenoxy) is 1. The number of aromatic nitrogens is 2. The first kappa shape index (κ1) is 16.6. The van der Waals surface area contributed by atoms with E-state index >= 15 is 0 Å². The second-order valence-electron chi connectivity index (χ2n) is 5.84. The number of hydrogen-bond acceptors (Lipinski definition) is 6. The Bertz CT molecular complexity index is 502. The fourth-order valence-corrected chi connectivity index (χ4v) is 2.50. The summed E-state index contributed by atoms with van der Waals surface area (Å²) in [6.07, 6.45) is 3.20. The van der Waals surface area contributed by atoms with Gasteiger partial charge < -0.3 is 14.5 Å². The van der Waals surface area contributed by atoms with Crippen molar-refractivity contribution in [2.45, 2.75) is 13.0 Å². The molecule has 1 amide bonds. The quantitative estimate of drug-likeness (QED) is 0.781. The van der Waals surface area contributed by atoms with Crippen molar-refractivity contribution in [2.24, 2.45) is 0 Å². The third-order valence-corrected chi connectivity index (χ3v) is 3.85. The molecule has 2 heterocycles. The molecule has 122 valence electrons. The summed E-state index contributed by atoms with van der Waals surface area (Å²) in [5.74, 6) is 0.580. The Labute approximate surface area is 131 Å². The molecule has 0 bridgehead atoms. The Kier molecular flexibility index (Phi) is 5.68. The molecule has 1 aliphatic rings. The second-order valence-corrected chi connectivity index (χ2v) is 5.84. The van der Waals surface area contributed by atoms with Gasteiger partial charge >= 0.3 is 0 Å². The van der Waals surface area contributed by atoms with E-state index in [2.05, 4.69) is 21.8 Å². The van der Waals surface area contributed by atoms with Gasteiger partial charge in [0.1, 0.15) is 11.5 Å². The maximum Gasteiger partial charge on any atom is 0.273 e. The molecule has 0 aromatic carbocycles. The van der Waals surface area contributed by atoms with Gasteiger partial charge in [-0.1, -0.05) is 0 Å². The molecule has 0 aliphatic carbocycles. The third-order valence-electron chi connectivity index (χ3n) is 3.85. The summed E-state index contributed by atoms with van der Waals surface area (Å²) in [7, 11) is 5.40. The number of carbonyl (C=O) groups is 1. The van der Waals surface area contributed by atoms with Gasteiger partial charge in [-0.15, -0.1) is 0 Å². The van der Waals surface area contributed by atoms with Crippen LogP contribution in [0.5, 0.6) is 0 Å². The molecule has 1 atom stereocenters. The Morgan fingerprint density at radius 3 is 2.64 bits per heavy atom. The van der Waals surface area contributed by atoms with Crippen LogP contribution in [0.1, 0.15) is 17.4 Å². The molecule has 1 saturated heterocycles. The van der Waals surface area contributed by atoms with Crippen LogP contribution in [0.2, 0.25) is 0 Å². The Morgan fingerprint density at radius 2 is 2.00 bits per heavy atom. The minimum Gasteiger partial charge on any atom is -0.379 e. The van der Waals surface area contributed by atoms with Crippen molar-refractivity contribution in [2.75, 3.05) is 58.9 Å². The van der Waals surface area contributed by atoms with Crippen LogP contribution in [0.4, 0.5) is 5.82 Å². The summed E-state index contributed by atoms with van der Waals surface area (Å²) in [4.78, 5) is 26.5. The van der Waals surface area contributed by atoms with Gasteiger partial charge in [0, 0.05) is 46.8 Å². The van der Waals surface area contributed by atoms with Crippen LogP contribution in [0.15, 0.2) is 12.4 Å². The molecule has 1 aromatic rings. The molecule has 1 aromatic heterocycles. The van der Waals surface area contributed by atoms with E-state index in [0.29, 0.717) is 17.6 Å². The molecule has 0 radical (unpaired) electrons. The highest BCUT2D eigenvalue weighted by atomic mass is 16.5. The van der Waals surface area contributed by atoms with Gasteiger partial charge in [0.25, 0.3) is 5.91 Å². The maximum atomic E-state index is 12.0. The molecule has 7 heteroatoms. The van der Waals surface area contributed by atoms with Crippen LogP contribution in [0.3, 0.4) is 0 Å². The molecule has 0 N–H and O–H groups in total. The number of morpholine rings is 1. The lowest BCUT2D eigenvalue weighted by atomic mass is 10.2. The number of amides is 1. The first-order valence-electron chi connectivity index (χ1n) is 7.55. The summed E-state index contributed by atoms with van der Waals surface area (Å²) in [5.41, 5.74) is 0.369. The molecular formula is C15H25N5O2. The number of anilines is 1. The standard InChI is InChI=1S/C15H25N5O2/c1-12(20-5-7-22-8-6-20)11-19(4)14-10-16-9-13(17-14)15(21)18(2)3/h9-10,12H,5-8,11H2,1-4H3/t12-/m1/s1. The van der Waals surface area contributed by atoms with Crippen LogP contribution in [0.25, 0.3) is 0 Å². The zero-order valence-corrected chi connectivity index (χ0v) is 13.8. The van der Waals surface area contributed by atoms with Crippen LogP contribution in [-0.2, 0) is 4.74 Å². The van der Waals surface area contributed by atoms with Crippen LogP contribution in [-0.4, -0.2) is 85.7 Å². The predicted molar refractivity (Wildman–Crippen MR) is 85.2 cm³/mol. The van der Waals surface area contributed by atoms with Crippen molar-refractivity contribution >= 4 is 11.7 Å². The van der Waals surface area contributed by atoms with Crippen molar-refractivity contribution in [1.82, 2.24) is 19.8 Å². The molecular weight excluding hydrogens is 282 g/mol. The highest BCUT2D eigenvalue weighted by Crippen LogP contribution is 2.12. The van der Waals surface area contributed by atoms with Crippen LogP contribution < -0.4 is 4.90 Å². The van der Waals surface area contributed by atoms with E-state index in [-0.39, 0.29) is 5.91 Å². The van der Waals surface area contributed by atoms with Crippen molar-refractivity contribution in [1.29, 1.82) is 0 Å². The molecule has 0 spiro atoms. The average molecular weight is 307 g/mol. The van der Waals surface area contributed by atoms with Crippen molar-refractivity contribution in [3.63, 3.8) is 0 Å². The summed E-state index contributed by atoms with van der Waals surface area (Å²) in [5, 5.41) is 0. The highest BCUT2D eigenvalue weighted by molar-refractivity contribution is 5.91. The zero-order chi connectivity index (χ0) is 16.1. The van der Waals surface area contributed by atoms with Crippen molar-refractivity contribution in [3.05, 3.63) is 18.1 Å². The van der Waals surface area contributed by atoms with Crippen molar-refractivity contribution in [3.8, 4) is 0 Å². The molecule has 0 unspecified atom stereocenters. The molecule has 1 fully saturated rings. The predicted octanol–water partition coefficient (Wildman–Crippen LogP) is 0.335. The molecule has 1 aliphatic heterocycles. The van der Waals surface area contributed by atoms with Gasteiger partial charge in [0.15, 0.2) is 0 Å². The van der Waals surface area contributed by atoms with E-state index in [1.807, 2.05) is 11.9 Å². The van der Waals surface area contributed by atoms with E-state index in [1.54, 1.807) is 20.3 Å². The summed E-state index contributed by atoms with van der Waals surface area (Å²) < 4.78 is 5.38. The molecule has 0 saturated carbocycles.